The minimum Gasteiger partial charge on any atom is -0.161 e. The summed E-state index contributed by atoms with van der Waals surface area (Å²) in [4.78, 5) is 8.46. The van der Waals surface area contributed by atoms with Crippen LogP contribution in [0.15, 0.2) is 0 Å². The van der Waals surface area contributed by atoms with Crippen LogP contribution in [0.5, 0.6) is 0 Å². The molecule has 0 fully saturated rings. The smallest absolute Gasteiger partial charge is 0.161 e. The first-order valence-electron chi connectivity index (χ1n) is 4.41. The molecule has 1 N–H and O–H groups in total. The molecule has 0 radical (unpaired) electrons. The molecule has 0 spiro atoms. The van der Waals surface area contributed by atoms with E-state index in [1.807, 2.05) is 0 Å². The van der Waals surface area contributed by atoms with Gasteiger partial charge in [0.1, 0.15) is 0 Å². The molecule has 4 heteroatoms. The first-order chi connectivity index (χ1) is 5.27. The van der Waals surface area contributed by atoms with E-state index in [1.165, 1.54) is 25.7 Å². The molecule has 2 atom stereocenters. The molecule has 0 aromatic heterocycles. The minimum absolute atomic E-state index is 0. The third kappa shape index (κ3) is 13.1. The van der Waals surface area contributed by atoms with E-state index in [-0.39, 0.29) is 9.90 Å². The molecule has 12 heavy (non-hydrogen) atoms. The van der Waals surface area contributed by atoms with Crippen LogP contribution in [0.3, 0.4) is 0 Å². The van der Waals surface area contributed by atoms with E-state index in [2.05, 4.69) is 6.92 Å². The van der Waals surface area contributed by atoms with Crippen molar-refractivity contribution < 1.29 is 9.46 Å². The molecule has 0 aliphatic heterocycles. The second kappa shape index (κ2) is 11.5. The quantitative estimate of drug-likeness (QED) is 0.518. The van der Waals surface area contributed by atoms with E-state index in [0.29, 0.717) is 6.16 Å². The van der Waals surface area contributed by atoms with E-state index >= 15 is 0 Å². The van der Waals surface area contributed by atoms with Crippen molar-refractivity contribution in [1.82, 2.24) is 0 Å². The van der Waals surface area contributed by atoms with Gasteiger partial charge in [0.2, 0.25) is 0 Å². The molecule has 0 aromatic carbocycles. The predicted octanol–water partition coefficient (Wildman–Crippen LogP) is 3.14. The zero-order valence-electron chi connectivity index (χ0n) is 7.96. The van der Waals surface area contributed by atoms with Crippen LogP contribution in [0.1, 0.15) is 45.4 Å². The maximum Gasteiger partial charge on any atom is 0.505 e. The van der Waals surface area contributed by atoms with Gasteiger partial charge in [0.25, 0.3) is 0 Å². The van der Waals surface area contributed by atoms with Gasteiger partial charge < -0.3 is 0 Å². The Hall–Kier alpha value is 0.490. The Labute approximate surface area is 79.6 Å². The third-order valence-electron chi connectivity index (χ3n) is 1.70. The second-order valence-corrected chi connectivity index (χ2v) is 4.00. The molecule has 0 heterocycles. The fourth-order valence-electron chi connectivity index (χ4n) is 1.03. The topological polar surface area (TPSA) is 37.3 Å². The first-order valence-corrected chi connectivity index (χ1v) is 5.80. The molecule has 0 amide bonds. The molecule has 0 aliphatic rings. The molecule has 0 saturated heterocycles. The maximum absolute atomic E-state index is 10.2. The van der Waals surface area contributed by atoms with Gasteiger partial charge in [-0.15, -0.1) is 0 Å². The summed E-state index contributed by atoms with van der Waals surface area (Å²) in [5.74, 6) is 0. The highest BCUT2D eigenvalue weighted by Crippen LogP contribution is 2.16. The minimum atomic E-state index is -1.87. The highest BCUT2D eigenvalue weighted by atomic mass is 31.1. The number of hydrogen-bond acceptors (Lipinski definition) is 1. The van der Waals surface area contributed by atoms with Gasteiger partial charge in [-0.25, -0.2) is 0 Å². The summed E-state index contributed by atoms with van der Waals surface area (Å²) in [6.07, 6.45) is 7.56. The van der Waals surface area contributed by atoms with Crippen LogP contribution in [-0.4, -0.2) is 11.1 Å². The van der Waals surface area contributed by atoms with Gasteiger partial charge in [-0.2, -0.15) is 14.8 Å². The van der Waals surface area contributed by atoms with Crippen molar-refractivity contribution in [3.63, 3.8) is 0 Å². The molecule has 0 rings (SSSR count). The molecule has 2 unspecified atom stereocenters. The Bertz CT molecular complexity index is 107. The van der Waals surface area contributed by atoms with E-state index in [1.54, 1.807) is 0 Å². The van der Waals surface area contributed by atoms with Crippen LogP contribution in [0.25, 0.3) is 0 Å². The normalized spacial score (nSPS) is 10.7. The van der Waals surface area contributed by atoms with Crippen LogP contribution in [0, 0.1) is 0 Å². The van der Waals surface area contributed by atoms with Crippen molar-refractivity contribution in [2.45, 2.75) is 45.4 Å². The van der Waals surface area contributed by atoms with Crippen molar-refractivity contribution in [2.24, 2.45) is 0 Å². The van der Waals surface area contributed by atoms with Crippen molar-refractivity contribution in [3.05, 3.63) is 0 Å². The van der Waals surface area contributed by atoms with E-state index in [4.69, 9.17) is 4.89 Å². The molecule has 74 valence electrons. The summed E-state index contributed by atoms with van der Waals surface area (Å²) >= 11 is 0. The van der Waals surface area contributed by atoms with E-state index < -0.39 is 8.03 Å². The largest absolute Gasteiger partial charge is 0.505 e. The Morgan fingerprint density at radius 2 is 1.58 bits per heavy atom. The lowest BCUT2D eigenvalue weighted by atomic mass is 10.1. The van der Waals surface area contributed by atoms with Gasteiger partial charge in [-0.05, 0) is 17.4 Å². The second-order valence-electron chi connectivity index (χ2n) is 2.84. The zero-order valence-corrected chi connectivity index (χ0v) is 10.3. The monoisotopic (exact) mass is 211 g/mol. The van der Waals surface area contributed by atoms with Crippen LogP contribution in [0.4, 0.5) is 0 Å². The average molecular weight is 211 g/mol. The SMILES string of the molecule is CCCCCCCC[P+](=O)O.P. The lowest BCUT2D eigenvalue weighted by Crippen LogP contribution is -1.81. The van der Waals surface area contributed by atoms with Crippen LogP contribution >= 0.6 is 17.9 Å². The number of hydrogen-bond donors (Lipinski definition) is 1. The molecule has 2 nitrogen and oxygen atoms in total. The van der Waals surface area contributed by atoms with Gasteiger partial charge >= 0.3 is 8.03 Å². The summed E-state index contributed by atoms with van der Waals surface area (Å²) in [7, 11) is -1.87. The molecular formula is C8H21O2P2+. The Morgan fingerprint density at radius 3 is 2.08 bits per heavy atom. The lowest BCUT2D eigenvalue weighted by Gasteiger charge is -1.94. The Morgan fingerprint density at radius 1 is 1.08 bits per heavy atom. The van der Waals surface area contributed by atoms with Crippen molar-refractivity contribution in [3.8, 4) is 0 Å². The van der Waals surface area contributed by atoms with Crippen molar-refractivity contribution in [2.75, 3.05) is 6.16 Å². The molecule has 0 saturated carbocycles. The average Bonchev–Trinajstić information content (AvgIpc) is 1.96. The Kier molecular flexibility index (Phi) is 14.3. The predicted molar refractivity (Wildman–Crippen MR) is 59.2 cm³/mol. The van der Waals surface area contributed by atoms with Crippen LogP contribution in [0.2, 0.25) is 0 Å². The Balaban J connectivity index is 0. The summed E-state index contributed by atoms with van der Waals surface area (Å²) in [6.45, 7) is 2.19. The fourth-order valence-corrected chi connectivity index (χ4v) is 1.52. The van der Waals surface area contributed by atoms with Crippen LogP contribution in [-0.2, 0) is 4.57 Å². The van der Waals surface area contributed by atoms with Gasteiger partial charge in [0.05, 0.1) is 0 Å². The zero-order chi connectivity index (χ0) is 8.53. The lowest BCUT2D eigenvalue weighted by molar-refractivity contribution is 0.498. The molecule has 0 bridgehead atoms. The van der Waals surface area contributed by atoms with E-state index in [9.17, 15) is 4.57 Å². The highest BCUT2D eigenvalue weighted by Gasteiger charge is 2.07. The summed E-state index contributed by atoms with van der Waals surface area (Å²) < 4.78 is 10.2. The van der Waals surface area contributed by atoms with Gasteiger partial charge in [-0.1, -0.05) is 32.6 Å². The van der Waals surface area contributed by atoms with Crippen LogP contribution < -0.4 is 0 Å². The van der Waals surface area contributed by atoms with Crippen molar-refractivity contribution in [1.29, 1.82) is 0 Å². The van der Waals surface area contributed by atoms with Gasteiger partial charge in [0.15, 0.2) is 6.16 Å². The van der Waals surface area contributed by atoms with E-state index in [0.717, 1.165) is 12.8 Å². The third-order valence-corrected chi connectivity index (χ3v) is 2.40. The summed E-state index contributed by atoms with van der Waals surface area (Å²) in [5.41, 5.74) is 0. The summed E-state index contributed by atoms with van der Waals surface area (Å²) in [5, 5.41) is 0. The summed E-state index contributed by atoms with van der Waals surface area (Å²) in [6, 6.07) is 0. The number of unbranched alkanes of at least 4 members (excludes halogenated alkanes) is 5. The number of rotatable bonds is 7. The van der Waals surface area contributed by atoms with Crippen molar-refractivity contribution >= 4 is 17.9 Å². The molecular weight excluding hydrogens is 190 g/mol. The molecule has 0 aromatic rings. The standard InChI is InChI=1S/C8H17O2P.H3P/c1-2-3-4-5-6-7-8-11(9)10;/h2-8H2,1H3;1H3/p+1. The first kappa shape index (κ1) is 15.0. The fraction of sp³-hybridized carbons (Fsp3) is 1.00. The highest BCUT2D eigenvalue weighted by molar-refractivity contribution is 7.37. The molecule has 0 aliphatic carbocycles. The van der Waals surface area contributed by atoms with Gasteiger partial charge in [0, 0.05) is 0 Å². The maximum atomic E-state index is 10.2. The van der Waals surface area contributed by atoms with Gasteiger partial charge in [-0.3, -0.25) is 0 Å².